The maximum absolute atomic E-state index is 16.7. The van der Waals surface area contributed by atoms with Crippen molar-refractivity contribution in [2.75, 3.05) is 0 Å². The van der Waals surface area contributed by atoms with Crippen LogP contribution in [0.2, 0.25) is 0 Å². The number of alkyl halides is 13. The van der Waals surface area contributed by atoms with Gasteiger partial charge in [0, 0.05) is 10.6 Å². The first-order chi connectivity index (χ1) is 24.6. The van der Waals surface area contributed by atoms with Crippen LogP contribution in [0.4, 0.5) is 57.1 Å². The second kappa shape index (κ2) is 10.6. The van der Waals surface area contributed by atoms with E-state index in [1.165, 1.54) is 48.5 Å². The number of benzene rings is 8. The molecule has 0 unspecified atom stereocenters. The first kappa shape index (κ1) is 35.2. The van der Waals surface area contributed by atoms with Gasteiger partial charge in [0.05, 0.1) is 0 Å². The summed E-state index contributed by atoms with van der Waals surface area (Å²) in [4.78, 5) is 0. The van der Waals surface area contributed by atoms with Crippen molar-refractivity contribution in [3.8, 4) is 0 Å². The molecule has 1 nitrogen and oxygen atoms in total. The summed E-state index contributed by atoms with van der Waals surface area (Å²) in [6, 6.07) is 24.3. The molecule has 0 saturated carbocycles. The van der Waals surface area contributed by atoms with Crippen LogP contribution in [0.5, 0.6) is 0 Å². The molecule has 272 valence electrons. The lowest BCUT2D eigenvalue weighted by Gasteiger charge is -2.42. The van der Waals surface area contributed by atoms with Crippen LogP contribution in [-0.4, -0.2) is 35.5 Å². The van der Waals surface area contributed by atoms with Gasteiger partial charge in [0.2, 0.25) is 7.14 Å². The summed E-state index contributed by atoms with van der Waals surface area (Å²) in [5, 5.41) is 1.63. The summed E-state index contributed by atoms with van der Waals surface area (Å²) >= 11 is 0. The second-order valence-corrected chi connectivity index (χ2v) is 15.7. The second-order valence-electron chi connectivity index (χ2n) is 12.9. The molecule has 0 aliphatic heterocycles. The van der Waals surface area contributed by atoms with Crippen molar-refractivity contribution < 1.29 is 61.6 Å². The molecule has 0 aromatic heterocycles. The van der Waals surface area contributed by atoms with Gasteiger partial charge in [-0.25, -0.2) is 0 Å². The fourth-order valence-corrected chi connectivity index (χ4v) is 10.0. The molecular weight excluding hydrogens is 750 g/mol. The standard InChI is InChI=1S/C38H18F13OP/c39-33(40,35(43,44)37(47,48)49)34(41,42)36(45,46)38(50,51)53(52,27-15-23-11-7-19-3-1-4-20-8-12-24(16-27)31(23)29(19)20)28-17-25-13-9-21-5-2-6-22-10-14-26(18-28)32(25)30(21)22/h1-18H. The van der Waals surface area contributed by atoms with Gasteiger partial charge in [0.15, 0.2) is 0 Å². The van der Waals surface area contributed by atoms with Gasteiger partial charge in [-0.2, -0.15) is 57.1 Å². The van der Waals surface area contributed by atoms with E-state index in [-0.39, 0.29) is 21.5 Å². The first-order valence-electron chi connectivity index (χ1n) is 15.5. The van der Waals surface area contributed by atoms with Gasteiger partial charge in [0.1, 0.15) is 0 Å². The fraction of sp³-hybridized carbons (Fsp3) is 0.158. The molecular formula is C38H18F13OP. The molecule has 0 spiro atoms. The van der Waals surface area contributed by atoms with Crippen molar-refractivity contribution >= 4 is 82.4 Å². The topological polar surface area (TPSA) is 17.1 Å². The molecule has 15 heteroatoms. The van der Waals surface area contributed by atoms with Crippen molar-refractivity contribution in [2.45, 2.75) is 35.5 Å². The predicted octanol–water partition coefficient (Wildman–Crippen LogP) is 12.5. The smallest absolute Gasteiger partial charge is 0.307 e. The van der Waals surface area contributed by atoms with Crippen molar-refractivity contribution in [1.82, 2.24) is 0 Å². The van der Waals surface area contributed by atoms with E-state index >= 15 is 30.9 Å². The maximum Gasteiger partial charge on any atom is 0.460 e. The largest absolute Gasteiger partial charge is 0.460 e. The molecule has 0 N–H and O–H groups in total. The van der Waals surface area contributed by atoms with Gasteiger partial charge in [-0.15, -0.1) is 0 Å². The van der Waals surface area contributed by atoms with Crippen LogP contribution in [0.25, 0.3) is 64.6 Å². The molecule has 8 aromatic rings. The molecule has 8 aromatic carbocycles. The number of hydrogen-bond acceptors (Lipinski definition) is 1. The Hall–Kier alpha value is -4.84. The zero-order valence-corrected chi connectivity index (χ0v) is 27.1. The van der Waals surface area contributed by atoms with Gasteiger partial charge < -0.3 is 4.57 Å². The zero-order chi connectivity index (χ0) is 38.3. The van der Waals surface area contributed by atoms with E-state index in [2.05, 4.69) is 0 Å². The van der Waals surface area contributed by atoms with Crippen LogP contribution >= 0.6 is 7.14 Å². The molecule has 0 atom stereocenters. The van der Waals surface area contributed by atoms with Crippen LogP contribution in [0, 0.1) is 0 Å². The Bertz CT molecular complexity index is 2530. The van der Waals surface area contributed by atoms with E-state index in [1.54, 1.807) is 36.4 Å². The molecule has 0 aliphatic rings. The number of rotatable bonds is 7. The fourth-order valence-electron chi connectivity index (χ4n) is 7.27. The molecule has 8 rings (SSSR count). The minimum Gasteiger partial charge on any atom is -0.307 e. The highest BCUT2D eigenvalue weighted by Crippen LogP contribution is 2.70. The van der Waals surface area contributed by atoms with Crippen LogP contribution in [0.15, 0.2) is 109 Å². The maximum atomic E-state index is 16.7. The molecule has 0 fully saturated rings. The highest BCUT2D eigenvalue weighted by molar-refractivity contribution is 7.79. The van der Waals surface area contributed by atoms with Crippen molar-refractivity contribution in [3.63, 3.8) is 0 Å². The summed E-state index contributed by atoms with van der Waals surface area (Å²) in [5.41, 5.74) is -6.93. The lowest BCUT2D eigenvalue weighted by Crippen LogP contribution is -2.70. The average Bonchev–Trinajstić information content (AvgIpc) is 3.11. The van der Waals surface area contributed by atoms with E-state index in [9.17, 15) is 30.7 Å². The minimum absolute atomic E-state index is 0.0282. The Morgan fingerprint density at radius 1 is 0.340 bits per heavy atom. The first-order valence-corrected chi connectivity index (χ1v) is 17.2. The number of halogens is 13. The van der Waals surface area contributed by atoms with Crippen LogP contribution < -0.4 is 10.6 Å². The van der Waals surface area contributed by atoms with E-state index in [0.717, 1.165) is 0 Å². The quantitative estimate of drug-likeness (QED) is 0.0897. The van der Waals surface area contributed by atoms with E-state index in [0.29, 0.717) is 67.4 Å². The highest BCUT2D eigenvalue weighted by Gasteiger charge is 2.92. The Balaban J connectivity index is 1.45. The van der Waals surface area contributed by atoms with Crippen LogP contribution in [0.1, 0.15) is 0 Å². The van der Waals surface area contributed by atoms with Crippen molar-refractivity contribution in [3.05, 3.63) is 109 Å². The molecule has 0 saturated heterocycles. The van der Waals surface area contributed by atoms with Gasteiger partial charge in [-0.3, -0.25) is 0 Å². The molecule has 0 aliphatic carbocycles. The zero-order valence-electron chi connectivity index (χ0n) is 26.2. The highest BCUT2D eigenvalue weighted by atomic mass is 31.2. The lowest BCUT2D eigenvalue weighted by atomic mass is 9.94. The Morgan fingerprint density at radius 2 is 0.604 bits per heavy atom. The molecule has 0 radical (unpaired) electrons. The van der Waals surface area contributed by atoms with E-state index in [1.807, 2.05) is 0 Å². The van der Waals surface area contributed by atoms with Gasteiger partial charge in [0.25, 0.3) is 0 Å². The summed E-state index contributed by atoms with van der Waals surface area (Å²) in [5.74, 6) is -32.0. The Labute approximate surface area is 288 Å². The van der Waals surface area contributed by atoms with Gasteiger partial charge >= 0.3 is 35.5 Å². The monoisotopic (exact) mass is 768 g/mol. The molecule has 0 bridgehead atoms. The number of hydrogen-bond donors (Lipinski definition) is 0. The normalized spacial score (nSPS) is 14.6. The SMILES string of the molecule is O=P(c1cc2ccc3cccc4ccc(c1)c2c34)(c1cc2ccc3cccc4ccc(c1)c2c34)C(F)(F)C(F)(F)C(F)(F)C(F)(F)C(F)(F)C(F)(F)F. The van der Waals surface area contributed by atoms with E-state index in [4.69, 9.17) is 0 Å². The molecule has 0 heterocycles. The summed E-state index contributed by atoms with van der Waals surface area (Å²) in [6.45, 7) is 0. The van der Waals surface area contributed by atoms with Crippen molar-refractivity contribution in [1.29, 1.82) is 0 Å². The lowest BCUT2D eigenvalue weighted by molar-refractivity contribution is -0.433. The van der Waals surface area contributed by atoms with E-state index < -0.39 is 53.3 Å². The predicted molar refractivity (Wildman–Crippen MR) is 178 cm³/mol. The van der Waals surface area contributed by atoms with Crippen molar-refractivity contribution in [2.24, 2.45) is 0 Å². The Kier molecular flexibility index (Phi) is 7.07. The third-order valence-electron chi connectivity index (χ3n) is 9.94. The summed E-state index contributed by atoms with van der Waals surface area (Å²) in [7, 11) is -6.87. The summed E-state index contributed by atoms with van der Waals surface area (Å²) < 4.78 is 206. The van der Waals surface area contributed by atoms with Crippen LogP contribution in [-0.2, 0) is 4.57 Å². The van der Waals surface area contributed by atoms with Crippen LogP contribution in [0.3, 0.4) is 0 Å². The average molecular weight is 769 g/mol. The van der Waals surface area contributed by atoms with Gasteiger partial charge in [-0.1, -0.05) is 84.9 Å². The Morgan fingerprint density at radius 3 is 0.906 bits per heavy atom. The minimum atomic E-state index is -8.16. The van der Waals surface area contributed by atoms with Gasteiger partial charge in [-0.05, 0) is 88.9 Å². The third-order valence-corrected chi connectivity index (χ3v) is 13.0. The molecule has 0 amide bonds. The summed E-state index contributed by atoms with van der Waals surface area (Å²) in [6.07, 6.45) is -7.58. The molecule has 53 heavy (non-hydrogen) atoms. The third kappa shape index (κ3) is 4.32.